The Kier molecular flexibility index (Phi) is 8.11. The minimum Gasteiger partial charge on any atom is -0.493 e. The molecule has 0 heterocycles. The molecule has 0 aromatic heterocycles. The molecule has 1 aromatic rings. The molecule has 0 aliphatic carbocycles. The molecule has 0 spiro atoms. The van der Waals surface area contributed by atoms with Crippen molar-refractivity contribution in [3.8, 4) is 11.5 Å². The van der Waals surface area contributed by atoms with Crippen LogP contribution in [-0.2, 0) is 4.79 Å². The summed E-state index contributed by atoms with van der Waals surface area (Å²) >= 11 is 0. The predicted molar refractivity (Wildman–Crippen MR) is 89.3 cm³/mol. The first-order chi connectivity index (χ1) is 11.0. The lowest BCUT2D eigenvalue weighted by Gasteiger charge is -2.18. The van der Waals surface area contributed by atoms with E-state index < -0.39 is 0 Å². The van der Waals surface area contributed by atoms with Crippen molar-refractivity contribution in [1.29, 1.82) is 0 Å². The number of carbonyl (C=O) groups is 2. The zero-order valence-electron chi connectivity index (χ0n) is 14.3. The molecule has 0 aliphatic rings. The minimum absolute atomic E-state index is 0.0519. The SMILES string of the molecule is CCN(CC)CCNC(=O)COc1ccc(C(C)=O)cc1OC. The number of rotatable bonds is 10. The monoisotopic (exact) mass is 322 g/mol. The molecule has 6 heteroatoms. The summed E-state index contributed by atoms with van der Waals surface area (Å²) in [6.45, 7) is 8.90. The fourth-order valence-electron chi connectivity index (χ4n) is 2.09. The first-order valence-corrected chi connectivity index (χ1v) is 7.82. The van der Waals surface area contributed by atoms with Gasteiger partial charge in [0.05, 0.1) is 7.11 Å². The number of benzene rings is 1. The van der Waals surface area contributed by atoms with E-state index >= 15 is 0 Å². The van der Waals surface area contributed by atoms with Crippen LogP contribution in [-0.4, -0.2) is 56.5 Å². The second kappa shape index (κ2) is 9.84. The summed E-state index contributed by atoms with van der Waals surface area (Å²) < 4.78 is 10.7. The number of ether oxygens (including phenoxy) is 2. The molecule has 0 aliphatic heterocycles. The van der Waals surface area contributed by atoms with Crippen molar-refractivity contribution >= 4 is 11.7 Å². The van der Waals surface area contributed by atoms with Gasteiger partial charge in [0.25, 0.3) is 5.91 Å². The van der Waals surface area contributed by atoms with Gasteiger partial charge < -0.3 is 19.7 Å². The van der Waals surface area contributed by atoms with Crippen LogP contribution in [0.4, 0.5) is 0 Å². The third kappa shape index (κ3) is 6.28. The summed E-state index contributed by atoms with van der Waals surface area (Å²) in [7, 11) is 1.50. The molecule has 0 unspecified atom stereocenters. The molecule has 1 aromatic carbocycles. The molecule has 0 bridgehead atoms. The van der Waals surface area contributed by atoms with Crippen LogP contribution in [0.5, 0.6) is 11.5 Å². The number of Topliss-reactive ketones (excluding diaryl/α,β-unsaturated/α-hetero) is 1. The molecular weight excluding hydrogens is 296 g/mol. The van der Waals surface area contributed by atoms with E-state index in [0.717, 1.165) is 19.6 Å². The number of nitrogens with one attached hydrogen (secondary N) is 1. The number of hydrogen-bond donors (Lipinski definition) is 1. The number of nitrogens with zero attached hydrogens (tertiary/aromatic N) is 1. The maximum absolute atomic E-state index is 11.8. The van der Waals surface area contributed by atoms with E-state index in [9.17, 15) is 9.59 Å². The molecular formula is C17H26N2O4. The molecule has 128 valence electrons. The molecule has 23 heavy (non-hydrogen) atoms. The first-order valence-electron chi connectivity index (χ1n) is 7.82. The van der Waals surface area contributed by atoms with E-state index in [2.05, 4.69) is 24.1 Å². The Morgan fingerprint density at radius 1 is 1.17 bits per heavy atom. The van der Waals surface area contributed by atoms with Crippen LogP contribution < -0.4 is 14.8 Å². The Bertz CT molecular complexity index is 527. The third-order valence-electron chi connectivity index (χ3n) is 3.57. The van der Waals surface area contributed by atoms with Gasteiger partial charge in [-0.25, -0.2) is 0 Å². The van der Waals surface area contributed by atoms with Crippen molar-refractivity contribution in [3.05, 3.63) is 23.8 Å². The predicted octanol–water partition coefficient (Wildman–Crippen LogP) is 1.73. The maximum atomic E-state index is 11.8. The van der Waals surface area contributed by atoms with Crippen LogP contribution in [0.15, 0.2) is 18.2 Å². The fraction of sp³-hybridized carbons (Fsp3) is 0.529. The molecule has 0 fully saturated rings. The Morgan fingerprint density at radius 3 is 2.43 bits per heavy atom. The van der Waals surface area contributed by atoms with Crippen LogP contribution in [0.2, 0.25) is 0 Å². The average molecular weight is 322 g/mol. The van der Waals surface area contributed by atoms with Gasteiger partial charge in [-0.15, -0.1) is 0 Å². The average Bonchev–Trinajstić information content (AvgIpc) is 2.56. The highest BCUT2D eigenvalue weighted by molar-refractivity contribution is 5.94. The molecule has 0 saturated heterocycles. The summed E-state index contributed by atoms with van der Waals surface area (Å²) in [5.74, 6) is 0.642. The zero-order chi connectivity index (χ0) is 17.2. The van der Waals surface area contributed by atoms with Crippen LogP contribution in [0.25, 0.3) is 0 Å². The van der Waals surface area contributed by atoms with Crippen molar-refractivity contribution in [2.75, 3.05) is 39.9 Å². The van der Waals surface area contributed by atoms with Crippen LogP contribution >= 0.6 is 0 Å². The number of carbonyl (C=O) groups excluding carboxylic acids is 2. The van der Waals surface area contributed by atoms with Gasteiger partial charge in [0.2, 0.25) is 0 Å². The second-order valence-corrected chi connectivity index (χ2v) is 5.09. The largest absolute Gasteiger partial charge is 0.493 e. The van der Waals surface area contributed by atoms with Gasteiger partial charge in [-0.2, -0.15) is 0 Å². The highest BCUT2D eigenvalue weighted by Crippen LogP contribution is 2.28. The van der Waals surface area contributed by atoms with Crippen molar-refractivity contribution in [1.82, 2.24) is 10.2 Å². The number of methoxy groups -OCH3 is 1. The second-order valence-electron chi connectivity index (χ2n) is 5.09. The number of likely N-dealkylation sites (N-methyl/N-ethyl adjacent to an activating group) is 1. The molecule has 0 atom stereocenters. The summed E-state index contributed by atoms with van der Waals surface area (Å²) in [4.78, 5) is 25.4. The van der Waals surface area contributed by atoms with Gasteiger partial charge >= 0.3 is 0 Å². The van der Waals surface area contributed by atoms with Gasteiger partial charge in [-0.3, -0.25) is 9.59 Å². The smallest absolute Gasteiger partial charge is 0.257 e. The molecule has 0 saturated carbocycles. The number of hydrogen-bond acceptors (Lipinski definition) is 5. The normalized spacial score (nSPS) is 10.5. The van der Waals surface area contributed by atoms with Gasteiger partial charge in [0, 0.05) is 18.7 Å². The van der Waals surface area contributed by atoms with Crippen LogP contribution in [0.3, 0.4) is 0 Å². The van der Waals surface area contributed by atoms with Crippen LogP contribution in [0.1, 0.15) is 31.1 Å². The van der Waals surface area contributed by atoms with Crippen molar-refractivity contribution in [2.45, 2.75) is 20.8 Å². The lowest BCUT2D eigenvalue weighted by Crippen LogP contribution is -2.36. The Morgan fingerprint density at radius 2 is 1.87 bits per heavy atom. The van der Waals surface area contributed by atoms with E-state index in [1.807, 2.05) is 0 Å². The molecule has 0 radical (unpaired) electrons. The Labute approximate surface area is 137 Å². The highest BCUT2D eigenvalue weighted by Gasteiger charge is 2.10. The highest BCUT2D eigenvalue weighted by atomic mass is 16.5. The standard InChI is InChI=1S/C17H26N2O4/c1-5-19(6-2)10-9-18-17(21)12-23-15-8-7-14(13(3)20)11-16(15)22-4/h7-8,11H,5-6,9-10,12H2,1-4H3,(H,18,21). The molecule has 1 amide bonds. The fourth-order valence-corrected chi connectivity index (χ4v) is 2.09. The molecule has 1 rings (SSSR count). The Balaban J connectivity index is 2.48. The van der Waals surface area contributed by atoms with Crippen molar-refractivity contribution < 1.29 is 19.1 Å². The van der Waals surface area contributed by atoms with Crippen LogP contribution in [0, 0.1) is 0 Å². The zero-order valence-corrected chi connectivity index (χ0v) is 14.3. The third-order valence-corrected chi connectivity index (χ3v) is 3.57. The van der Waals surface area contributed by atoms with Gasteiger partial charge in [0.1, 0.15) is 0 Å². The quantitative estimate of drug-likeness (QED) is 0.665. The van der Waals surface area contributed by atoms with E-state index in [-0.39, 0.29) is 18.3 Å². The Hall–Kier alpha value is -2.08. The van der Waals surface area contributed by atoms with Crippen molar-refractivity contribution in [3.63, 3.8) is 0 Å². The van der Waals surface area contributed by atoms with Gasteiger partial charge in [0.15, 0.2) is 23.9 Å². The number of ketones is 1. The van der Waals surface area contributed by atoms with Crippen molar-refractivity contribution in [2.24, 2.45) is 0 Å². The maximum Gasteiger partial charge on any atom is 0.257 e. The van der Waals surface area contributed by atoms with Gasteiger partial charge in [-0.05, 0) is 38.2 Å². The van der Waals surface area contributed by atoms with E-state index in [1.54, 1.807) is 18.2 Å². The summed E-state index contributed by atoms with van der Waals surface area (Å²) in [6.07, 6.45) is 0. The topological polar surface area (TPSA) is 67.9 Å². The van der Waals surface area contributed by atoms with E-state index in [1.165, 1.54) is 14.0 Å². The first kappa shape index (κ1) is 19.0. The summed E-state index contributed by atoms with van der Waals surface area (Å²) in [6, 6.07) is 4.90. The van der Waals surface area contributed by atoms with E-state index in [0.29, 0.717) is 23.6 Å². The lowest BCUT2D eigenvalue weighted by atomic mass is 10.1. The molecule has 6 nitrogen and oxygen atoms in total. The molecule has 1 N–H and O–H groups in total. The number of amides is 1. The summed E-state index contributed by atoms with van der Waals surface area (Å²) in [5.41, 5.74) is 0.540. The van der Waals surface area contributed by atoms with E-state index in [4.69, 9.17) is 9.47 Å². The lowest BCUT2D eigenvalue weighted by molar-refractivity contribution is -0.123. The van der Waals surface area contributed by atoms with Gasteiger partial charge in [-0.1, -0.05) is 13.8 Å². The minimum atomic E-state index is -0.185. The summed E-state index contributed by atoms with van der Waals surface area (Å²) in [5, 5.41) is 2.82.